The Morgan fingerprint density at radius 3 is 2.14 bits per heavy atom. The van der Waals surface area contributed by atoms with Crippen LogP contribution in [0.5, 0.6) is 11.5 Å². The molecule has 0 heterocycles. The van der Waals surface area contributed by atoms with Gasteiger partial charge in [0, 0.05) is 5.92 Å². The van der Waals surface area contributed by atoms with Crippen LogP contribution in [0.25, 0.3) is 0 Å². The number of hydrogen-bond donors (Lipinski definition) is 0. The highest BCUT2D eigenvalue weighted by Crippen LogP contribution is 2.33. The summed E-state index contributed by atoms with van der Waals surface area (Å²) in [6.45, 7) is 1.91. The van der Waals surface area contributed by atoms with E-state index in [2.05, 4.69) is 0 Å². The third kappa shape index (κ3) is 3.27. The Labute approximate surface area is 129 Å². The monoisotopic (exact) mass is 302 g/mol. The number of benzene rings is 2. The van der Waals surface area contributed by atoms with Gasteiger partial charge < -0.3 is 14.3 Å². The highest BCUT2D eigenvalue weighted by molar-refractivity contribution is 5.64. The lowest BCUT2D eigenvalue weighted by molar-refractivity contribution is -0.109. The summed E-state index contributed by atoms with van der Waals surface area (Å²) < 4.78 is 23.9. The van der Waals surface area contributed by atoms with Gasteiger partial charge >= 0.3 is 0 Å². The van der Waals surface area contributed by atoms with Crippen molar-refractivity contribution in [2.75, 3.05) is 14.2 Å². The maximum absolute atomic E-state index is 13.8. The van der Waals surface area contributed by atoms with E-state index in [0.29, 0.717) is 0 Å². The molecule has 0 radical (unpaired) electrons. The Morgan fingerprint density at radius 1 is 1.00 bits per heavy atom. The van der Waals surface area contributed by atoms with E-state index in [0.717, 1.165) is 23.2 Å². The topological polar surface area (TPSA) is 35.5 Å². The fourth-order valence-electron chi connectivity index (χ4n) is 2.48. The molecular weight excluding hydrogens is 283 g/mol. The molecule has 0 spiro atoms. The molecule has 4 heteroatoms. The summed E-state index contributed by atoms with van der Waals surface area (Å²) in [5, 5.41) is 0. The lowest BCUT2D eigenvalue weighted by Gasteiger charge is -2.20. The van der Waals surface area contributed by atoms with Gasteiger partial charge in [0.15, 0.2) is 11.6 Å². The molecule has 116 valence electrons. The summed E-state index contributed by atoms with van der Waals surface area (Å²) in [7, 11) is 3.02. The van der Waals surface area contributed by atoms with Crippen molar-refractivity contribution in [3.8, 4) is 11.5 Å². The average molecular weight is 302 g/mol. The lowest BCUT2D eigenvalue weighted by Crippen LogP contribution is -2.10. The van der Waals surface area contributed by atoms with E-state index >= 15 is 0 Å². The first kappa shape index (κ1) is 16.0. The van der Waals surface area contributed by atoms with Gasteiger partial charge in [-0.3, -0.25) is 0 Å². The molecular formula is C18H19FO3. The van der Waals surface area contributed by atoms with Crippen molar-refractivity contribution in [3.05, 3.63) is 59.4 Å². The fraction of sp³-hybridized carbons (Fsp3) is 0.278. The van der Waals surface area contributed by atoms with Gasteiger partial charge in [-0.25, -0.2) is 4.39 Å². The minimum absolute atomic E-state index is 0.147. The van der Waals surface area contributed by atoms with Crippen molar-refractivity contribution in [2.45, 2.75) is 18.8 Å². The Bertz CT molecular complexity index is 637. The van der Waals surface area contributed by atoms with Crippen molar-refractivity contribution < 1.29 is 18.7 Å². The van der Waals surface area contributed by atoms with Crippen LogP contribution in [0.3, 0.4) is 0 Å². The fourth-order valence-corrected chi connectivity index (χ4v) is 2.48. The van der Waals surface area contributed by atoms with Gasteiger partial charge in [-0.15, -0.1) is 0 Å². The molecule has 0 aliphatic carbocycles. The number of halogens is 1. The molecule has 0 saturated carbocycles. The van der Waals surface area contributed by atoms with Gasteiger partial charge in [-0.1, -0.05) is 25.1 Å². The second-order valence-corrected chi connectivity index (χ2v) is 5.12. The van der Waals surface area contributed by atoms with E-state index in [9.17, 15) is 9.18 Å². The molecule has 0 aromatic heterocycles. The third-order valence-corrected chi connectivity index (χ3v) is 3.89. The van der Waals surface area contributed by atoms with Crippen LogP contribution in [0.15, 0.2) is 42.5 Å². The molecule has 0 saturated heterocycles. The number of ether oxygens (including phenoxy) is 2. The van der Waals surface area contributed by atoms with Gasteiger partial charge in [0.2, 0.25) is 0 Å². The first-order chi connectivity index (χ1) is 10.6. The zero-order valence-corrected chi connectivity index (χ0v) is 12.9. The molecule has 2 aromatic carbocycles. The van der Waals surface area contributed by atoms with E-state index in [4.69, 9.17) is 9.47 Å². The van der Waals surface area contributed by atoms with Crippen LogP contribution < -0.4 is 9.47 Å². The number of rotatable bonds is 6. The molecule has 0 bridgehead atoms. The number of carbonyl (C=O) groups excluding carboxylic acids is 1. The van der Waals surface area contributed by atoms with Crippen molar-refractivity contribution in [1.82, 2.24) is 0 Å². The van der Waals surface area contributed by atoms with E-state index in [1.54, 1.807) is 19.2 Å². The Hall–Kier alpha value is -2.36. The molecule has 2 aromatic rings. The zero-order chi connectivity index (χ0) is 16.1. The predicted molar refractivity (Wildman–Crippen MR) is 83.2 cm³/mol. The highest BCUT2D eigenvalue weighted by Gasteiger charge is 2.21. The Balaban J connectivity index is 2.29. The lowest BCUT2D eigenvalue weighted by atomic mass is 9.83. The third-order valence-electron chi connectivity index (χ3n) is 3.89. The first-order valence-corrected chi connectivity index (χ1v) is 7.03. The van der Waals surface area contributed by atoms with Gasteiger partial charge in [-0.2, -0.15) is 0 Å². The number of hydrogen-bond acceptors (Lipinski definition) is 3. The minimum atomic E-state index is -0.425. The van der Waals surface area contributed by atoms with Crippen molar-refractivity contribution >= 4 is 6.29 Å². The van der Waals surface area contributed by atoms with E-state index in [1.165, 1.54) is 13.2 Å². The molecule has 2 rings (SSSR count). The summed E-state index contributed by atoms with van der Waals surface area (Å²) in [6.07, 6.45) is 0.897. The maximum Gasteiger partial charge on any atom is 0.165 e. The van der Waals surface area contributed by atoms with Crippen LogP contribution in [0.1, 0.15) is 29.9 Å². The van der Waals surface area contributed by atoms with Crippen LogP contribution in [0, 0.1) is 5.82 Å². The molecule has 0 N–H and O–H groups in total. The molecule has 0 aliphatic heterocycles. The minimum Gasteiger partial charge on any atom is -0.497 e. The second-order valence-electron chi connectivity index (χ2n) is 5.12. The number of aldehydes is 1. The van der Waals surface area contributed by atoms with Gasteiger partial charge in [0.1, 0.15) is 12.0 Å². The summed E-state index contributed by atoms with van der Waals surface area (Å²) in [4.78, 5) is 11.5. The number of carbonyl (C=O) groups is 1. The van der Waals surface area contributed by atoms with Crippen molar-refractivity contribution in [3.63, 3.8) is 0 Å². The molecule has 0 aliphatic rings. The maximum atomic E-state index is 13.8. The molecule has 0 fully saturated rings. The highest BCUT2D eigenvalue weighted by atomic mass is 19.1. The molecule has 22 heavy (non-hydrogen) atoms. The summed E-state index contributed by atoms with van der Waals surface area (Å²) >= 11 is 0. The van der Waals surface area contributed by atoms with Gasteiger partial charge in [0.05, 0.1) is 14.2 Å². The number of methoxy groups -OCH3 is 2. The molecule has 0 amide bonds. The zero-order valence-electron chi connectivity index (χ0n) is 12.9. The molecule has 2 atom stereocenters. The van der Waals surface area contributed by atoms with E-state index in [1.807, 2.05) is 31.2 Å². The van der Waals surface area contributed by atoms with Crippen molar-refractivity contribution in [2.24, 2.45) is 0 Å². The van der Waals surface area contributed by atoms with Crippen LogP contribution in [0.2, 0.25) is 0 Å². The Morgan fingerprint density at radius 2 is 1.64 bits per heavy atom. The summed E-state index contributed by atoms with van der Waals surface area (Å²) in [5.74, 6) is 0.0100. The average Bonchev–Trinajstić information content (AvgIpc) is 2.56. The standard InChI is InChI=1S/C18H19FO3/c1-12(14-6-9-18(22-3)17(19)10-14)16(11-20)13-4-7-15(21-2)8-5-13/h4-12,16H,1-3H3. The van der Waals surface area contributed by atoms with Gasteiger partial charge in [-0.05, 0) is 41.3 Å². The van der Waals surface area contributed by atoms with Crippen LogP contribution in [-0.2, 0) is 4.79 Å². The molecule has 2 unspecified atom stereocenters. The largest absolute Gasteiger partial charge is 0.497 e. The van der Waals surface area contributed by atoms with Crippen LogP contribution in [-0.4, -0.2) is 20.5 Å². The predicted octanol–water partition coefficient (Wildman–Crippen LogP) is 3.93. The summed E-state index contributed by atoms with van der Waals surface area (Å²) in [6, 6.07) is 12.1. The normalized spacial score (nSPS) is 13.3. The summed E-state index contributed by atoms with van der Waals surface area (Å²) in [5.41, 5.74) is 1.63. The van der Waals surface area contributed by atoms with E-state index < -0.39 is 5.82 Å². The van der Waals surface area contributed by atoms with E-state index in [-0.39, 0.29) is 17.6 Å². The van der Waals surface area contributed by atoms with Crippen molar-refractivity contribution in [1.29, 1.82) is 0 Å². The SMILES string of the molecule is COc1ccc(C(C=O)C(C)c2ccc(OC)c(F)c2)cc1. The Kier molecular flexibility index (Phi) is 5.15. The van der Waals surface area contributed by atoms with Crippen LogP contribution in [0.4, 0.5) is 4.39 Å². The van der Waals surface area contributed by atoms with Gasteiger partial charge in [0.25, 0.3) is 0 Å². The second kappa shape index (κ2) is 7.07. The first-order valence-electron chi connectivity index (χ1n) is 7.03. The quantitative estimate of drug-likeness (QED) is 0.758. The van der Waals surface area contributed by atoms with Crippen LogP contribution >= 0.6 is 0 Å². The smallest absolute Gasteiger partial charge is 0.165 e. The molecule has 3 nitrogen and oxygen atoms in total.